The summed E-state index contributed by atoms with van der Waals surface area (Å²) in [6.45, 7) is 8.77. The zero-order chi connectivity index (χ0) is 11.2. The maximum Gasteiger partial charge on any atom is 0.0682 e. The minimum absolute atomic E-state index is 0.205. The highest BCUT2D eigenvalue weighted by Gasteiger charge is 2.15. The second-order valence-corrected chi connectivity index (χ2v) is 5.19. The van der Waals surface area contributed by atoms with Crippen LogP contribution in [0.25, 0.3) is 10.9 Å². The minimum Gasteiger partial charge on any atom is -0.268 e. The third-order valence-electron chi connectivity index (χ3n) is 2.90. The van der Waals surface area contributed by atoms with Crippen LogP contribution in [0, 0.1) is 6.92 Å². The van der Waals surface area contributed by atoms with Gasteiger partial charge in [0.1, 0.15) is 0 Å². The van der Waals surface area contributed by atoms with Crippen LogP contribution in [-0.4, -0.2) is 9.78 Å². The lowest BCUT2D eigenvalue weighted by Gasteiger charge is -2.18. The number of benzene rings is 1. The molecule has 2 nitrogen and oxygen atoms in total. The molecule has 0 bridgehead atoms. The van der Waals surface area contributed by atoms with E-state index in [2.05, 4.69) is 51.0 Å². The van der Waals surface area contributed by atoms with Crippen LogP contribution in [0.2, 0.25) is 0 Å². The summed E-state index contributed by atoms with van der Waals surface area (Å²) >= 11 is 0. The van der Waals surface area contributed by atoms with Gasteiger partial charge in [-0.1, -0.05) is 26.8 Å². The third-order valence-corrected chi connectivity index (χ3v) is 2.90. The van der Waals surface area contributed by atoms with E-state index in [0.717, 1.165) is 5.69 Å². The summed E-state index contributed by atoms with van der Waals surface area (Å²) in [4.78, 5) is 0. The molecule has 0 aliphatic rings. The zero-order valence-corrected chi connectivity index (χ0v) is 10.1. The van der Waals surface area contributed by atoms with E-state index in [4.69, 9.17) is 0 Å². The Bertz CT molecular complexity index is 501. The fourth-order valence-electron chi connectivity index (χ4n) is 1.91. The minimum atomic E-state index is 0.205. The van der Waals surface area contributed by atoms with Crippen LogP contribution in [0.3, 0.4) is 0 Å². The van der Waals surface area contributed by atoms with E-state index >= 15 is 0 Å². The molecule has 2 aromatic rings. The molecule has 0 radical (unpaired) electrons. The number of nitrogens with zero attached hydrogens (tertiary/aromatic N) is 2. The van der Waals surface area contributed by atoms with Crippen molar-refractivity contribution in [2.75, 3.05) is 0 Å². The Hall–Kier alpha value is -1.31. The first kappa shape index (κ1) is 10.2. The second kappa shape index (κ2) is 3.09. The van der Waals surface area contributed by atoms with E-state index in [1.807, 2.05) is 11.7 Å². The molecule has 0 aliphatic carbocycles. The molecule has 80 valence electrons. The lowest BCUT2D eigenvalue weighted by atomic mass is 9.86. The van der Waals surface area contributed by atoms with Crippen molar-refractivity contribution in [2.24, 2.45) is 7.05 Å². The van der Waals surface area contributed by atoms with Crippen LogP contribution >= 0.6 is 0 Å². The first-order valence-electron chi connectivity index (χ1n) is 5.33. The van der Waals surface area contributed by atoms with Gasteiger partial charge in [0.05, 0.1) is 11.2 Å². The molecule has 0 fully saturated rings. The third kappa shape index (κ3) is 1.65. The topological polar surface area (TPSA) is 17.8 Å². The van der Waals surface area contributed by atoms with Crippen LogP contribution < -0.4 is 0 Å². The quantitative estimate of drug-likeness (QED) is 0.641. The van der Waals surface area contributed by atoms with Crippen LogP contribution in [0.4, 0.5) is 0 Å². The Kier molecular flexibility index (Phi) is 2.10. The number of aryl methyl sites for hydroxylation is 2. The van der Waals surface area contributed by atoms with Crippen molar-refractivity contribution >= 4 is 10.9 Å². The highest BCUT2D eigenvalue weighted by molar-refractivity contribution is 5.82. The molecule has 0 amide bonds. The normalized spacial score (nSPS) is 12.3. The van der Waals surface area contributed by atoms with Gasteiger partial charge in [-0.15, -0.1) is 0 Å². The fourth-order valence-corrected chi connectivity index (χ4v) is 1.91. The Balaban J connectivity index is 2.71. The van der Waals surface area contributed by atoms with Crippen molar-refractivity contribution in [3.05, 3.63) is 29.5 Å². The van der Waals surface area contributed by atoms with E-state index in [9.17, 15) is 0 Å². The summed E-state index contributed by atoms with van der Waals surface area (Å²) in [5.41, 5.74) is 3.89. The van der Waals surface area contributed by atoms with Crippen molar-refractivity contribution in [2.45, 2.75) is 33.1 Å². The van der Waals surface area contributed by atoms with Gasteiger partial charge < -0.3 is 0 Å². The molecule has 0 saturated carbocycles. The molecule has 0 N–H and O–H groups in total. The molecule has 1 heterocycles. The van der Waals surface area contributed by atoms with Gasteiger partial charge >= 0.3 is 0 Å². The largest absolute Gasteiger partial charge is 0.268 e. The van der Waals surface area contributed by atoms with Gasteiger partial charge in [0.25, 0.3) is 0 Å². The van der Waals surface area contributed by atoms with Crippen molar-refractivity contribution in [1.29, 1.82) is 0 Å². The first-order chi connectivity index (χ1) is 6.89. The predicted octanol–water partition coefficient (Wildman–Crippen LogP) is 3.18. The molecule has 2 rings (SSSR count). The molecule has 0 atom stereocenters. The molecule has 15 heavy (non-hydrogen) atoms. The molecule has 0 spiro atoms. The molecule has 0 aliphatic heterocycles. The second-order valence-electron chi connectivity index (χ2n) is 5.19. The Morgan fingerprint density at radius 1 is 1.20 bits per heavy atom. The lowest BCUT2D eigenvalue weighted by molar-refractivity contribution is 0.591. The van der Waals surface area contributed by atoms with E-state index < -0.39 is 0 Å². The molecule has 1 aromatic carbocycles. The number of hydrogen-bond donors (Lipinski definition) is 0. The molecule has 2 heteroatoms. The zero-order valence-electron chi connectivity index (χ0n) is 10.1. The lowest BCUT2D eigenvalue weighted by Crippen LogP contribution is -2.10. The Labute approximate surface area is 90.9 Å². The van der Waals surface area contributed by atoms with Gasteiger partial charge in [0.15, 0.2) is 0 Å². The van der Waals surface area contributed by atoms with Gasteiger partial charge in [0, 0.05) is 12.4 Å². The molecule has 0 unspecified atom stereocenters. The summed E-state index contributed by atoms with van der Waals surface area (Å²) < 4.78 is 1.94. The maximum atomic E-state index is 4.43. The van der Waals surface area contributed by atoms with Gasteiger partial charge in [0.2, 0.25) is 0 Å². The summed E-state index contributed by atoms with van der Waals surface area (Å²) in [7, 11) is 1.99. The van der Waals surface area contributed by atoms with Gasteiger partial charge in [-0.3, -0.25) is 4.68 Å². The van der Waals surface area contributed by atoms with E-state index in [1.165, 1.54) is 16.5 Å². The first-order valence-corrected chi connectivity index (χ1v) is 5.33. The smallest absolute Gasteiger partial charge is 0.0682 e. The van der Waals surface area contributed by atoms with Gasteiger partial charge in [-0.2, -0.15) is 5.10 Å². The predicted molar refractivity (Wildman–Crippen MR) is 64.2 cm³/mol. The molecule has 1 aromatic heterocycles. The summed E-state index contributed by atoms with van der Waals surface area (Å²) in [5, 5.41) is 5.70. The van der Waals surface area contributed by atoms with E-state index in [0.29, 0.717) is 0 Å². The average molecular weight is 202 g/mol. The van der Waals surface area contributed by atoms with Crippen molar-refractivity contribution in [1.82, 2.24) is 9.78 Å². The average Bonchev–Trinajstić information content (AvgIpc) is 2.41. The van der Waals surface area contributed by atoms with Crippen LogP contribution in [0.15, 0.2) is 18.2 Å². The number of rotatable bonds is 0. The van der Waals surface area contributed by atoms with Gasteiger partial charge in [-0.05, 0) is 30.0 Å². The van der Waals surface area contributed by atoms with Crippen molar-refractivity contribution in [3.63, 3.8) is 0 Å². The summed E-state index contributed by atoms with van der Waals surface area (Å²) in [6, 6.07) is 6.62. The summed E-state index contributed by atoms with van der Waals surface area (Å²) in [6.07, 6.45) is 0. The number of fused-ring (bicyclic) bond motifs is 1. The molecular weight excluding hydrogens is 184 g/mol. The van der Waals surface area contributed by atoms with Crippen molar-refractivity contribution < 1.29 is 0 Å². The standard InChI is InChI=1S/C13H18N2/c1-9-11-8-10(13(2,3)4)6-7-12(11)15(5)14-9/h6-8H,1-5H3. The molecular formula is C13H18N2. The van der Waals surface area contributed by atoms with Crippen LogP contribution in [0.5, 0.6) is 0 Å². The Morgan fingerprint density at radius 3 is 2.47 bits per heavy atom. The highest BCUT2D eigenvalue weighted by atomic mass is 15.3. The molecule has 0 saturated heterocycles. The SMILES string of the molecule is Cc1nn(C)c2ccc(C(C)(C)C)cc12. The maximum absolute atomic E-state index is 4.43. The monoisotopic (exact) mass is 202 g/mol. The summed E-state index contributed by atoms with van der Waals surface area (Å²) in [5.74, 6) is 0. The Morgan fingerprint density at radius 2 is 1.87 bits per heavy atom. The van der Waals surface area contributed by atoms with E-state index in [1.54, 1.807) is 0 Å². The number of hydrogen-bond acceptors (Lipinski definition) is 1. The van der Waals surface area contributed by atoms with Crippen LogP contribution in [0.1, 0.15) is 32.0 Å². The van der Waals surface area contributed by atoms with E-state index in [-0.39, 0.29) is 5.41 Å². The van der Waals surface area contributed by atoms with Crippen LogP contribution in [-0.2, 0) is 12.5 Å². The highest BCUT2D eigenvalue weighted by Crippen LogP contribution is 2.27. The fraction of sp³-hybridized carbons (Fsp3) is 0.462. The number of aromatic nitrogens is 2. The van der Waals surface area contributed by atoms with Gasteiger partial charge in [-0.25, -0.2) is 0 Å². The van der Waals surface area contributed by atoms with Crippen molar-refractivity contribution in [3.8, 4) is 0 Å².